The average molecular weight is 474 g/mol. The third-order valence-electron chi connectivity index (χ3n) is 6.00. The van der Waals surface area contributed by atoms with Crippen LogP contribution in [-0.2, 0) is 11.8 Å². The fraction of sp³-hybridized carbons (Fsp3) is 0.333. The minimum atomic E-state index is 0.180. The van der Waals surface area contributed by atoms with Crippen molar-refractivity contribution >= 4 is 33.7 Å². The van der Waals surface area contributed by atoms with E-state index in [1.807, 2.05) is 0 Å². The van der Waals surface area contributed by atoms with Crippen LogP contribution >= 0.6 is 27.9 Å². The Kier molecular flexibility index (Phi) is 4.51. The lowest BCUT2D eigenvalue weighted by Gasteiger charge is -2.25. The summed E-state index contributed by atoms with van der Waals surface area (Å²) in [7, 11) is 3.22. The van der Waals surface area contributed by atoms with Crippen molar-refractivity contribution in [2.75, 3.05) is 18.9 Å². The van der Waals surface area contributed by atoms with Gasteiger partial charge in [0.05, 0.1) is 14.2 Å². The van der Waals surface area contributed by atoms with Crippen LogP contribution in [0, 0.1) is 5.92 Å². The highest BCUT2D eigenvalue weighted by Gasteiger charge is 2.56. The molecule has 1 saturated carbocycles. The van der Waals surface area contributed by atoms with Gasteiger partial charge >= 0.3 is 0 Å². The minimum Gasteiger partial charge on any atom is -0.495 e. The van der Waals surface area contributed by atoms with Crippen molar-refractivity contribution in [1.29, 1.82) is 0 Å². The summed E-state index contributed by atoms with van der Waals surface area (Å²) in [4.78, 5) is 5.03. The van der Waals surface area contributed by atoms with E-state index in [1.165, 1.54) is 23.9 Å². The SMILES string of the molecule is COc1ccnc(OC)c1SNc1noc2c1CC1(CC1C)c1ccc(Br)cc1-2. The van der Waals surface area contributed by atoms with Gasteiger partial charge in [-0.05, 0) is 54.5 Å². The number of rotatable bonds is 5. The standard InChI is InChI=1S/C21H20BrN3O3S/c1-11-9-21(11)10-14-17(13-8-12(22)4-5-15(13)21)28-24-19(14)25-29-18-16(26-2)6-7-23-20(18)27-3/h4-8,11H,9-10H2,1-3H3,(H,24,25). The van der Waals surface area contributed by atoms with Crippen LogP contribution in [0.1, 0.15) is 24.5 Å². The second kappa shape index (κ2) is 6.95. The molecule has 8 heteroatoms. The van der Waals surface area contributed by atoms with Crippen LogP contribution in [0.4, 0.5) is 5.82 Å². The summed E-state index contributed by atoms with van der Waals surface area (Å²) in [6, 6.07) is 8.28. The van der Waals surface area contributed by atoms with Crippen LogP contribution in [-0.4, -0.2) is 24.4 Å². The highest BCUT2D eigenvalue weighted by atomic mass is 79.9. The number of fused-ring (bicyclic) bond motifs is 4. The van der Waals surface area contributed by atoms with Crippen molar-refractivity contribution < 1.29 is 14.0 Å². The molecule has 0 bridgehead atoms. The summed E-state index contributed by atoms with van der Waals surface area (Å²) < 4.78 is 21.0. The average Bonchev–Trinajstić information content (AvgIpc) is 3.18. The predicted molar refractivity (Wildman–Crippen MR) is 116 cm³/mol. The summed E-state index contributed by atoms with van der Waals surface area (Å²) in [5, 5.41) is 4.35. The van der Waals surface area contributed by atoms with Crippen LogP contribution in [0.25, 0.3) is 11.3 Å². The fourth-order valence-electron chi connectivity index (χ4n) is 4.34. The first kappa shape index (κ1) is 18.8. The molecule has 0 amide bonds. The molecule has 0 aliphatic heterocycles. The Balaban J connectivity index is 1.51. The van der Waals surface area contributed by atoms with Crippen LogP contribution in [0.15, 0.2) is 44.4 Å². The largest absolute Gasteiger partial charge is 0.495 e. The van der Waals surface area contributed by atoms with Gasteiger partial charge in [-0.2, -0.15) is 0 Å². The number of benzene rings is 1. The van der Waals surface area contributed by atoms with Gasteiger partial charge < -0.3 is 18.7 Å². The molecule has 2 aromatic heterocycles. The number of pyridine rings is 1. The molecule has 0 radical (unpaired) electrons. The first-order chi connectivity index (χ1) is 14.1. The predicted octanol–water partition coefficient (Wildman–Crippen LogP) is 5.47. The van der Waals surface area contributed by atoms with Gasteiger partial charge in [0.2, 0.25) is 5.88 Å². The van der Waals surface area contributed by atoms with Crippen LogP contribution in [0.5, 0.6) is 11.6 Å². The lowest BCUT2D eigenvalue weighted by Crippen LogP contribution is -2.19. The van der Waals surface area contributed by atoms with Crippen LogP contribution in [0.3, 0.4) is 0 Å². The molecular formula is C21H20BrN3O3S. The number of anilines is 1. The van der Waals surface area contributed by atoms with Crippen molar-refractivity contribution in [1.82, 2.24) is 10.1 Å². The van der Waals surface area contributed by atoms with Crippen molar-refractivity contribution in [2.45, 2.75) is 30.1 Å². The summed E-state index contributed by atoms with van der Waals surface area (Å²) >= 11 is 4.96. The summed E-state index contributed by atoms with van der Waals surface area (Å²) in [5.74, 6) is 3.42. The maximum atomic E-state index is 5.80. The van der Waals surface area contributed by atoms with Gasteiger partial charge in [0, 0.05) is 27.2 Å². The lowest BCUT2D eigenvalue weighted by atomic mass is 9.78. The fourth-order valence-corrected chi connectivity index (χ4v) is 5.53. The Morgan fingerprint density at radius 1 is 1.28 bits per heavy atom. The number of hydrogen-bond donors (Lipinski definition) is 1. The second-order valence-corrected chi connectivity index (χ2v) is 9.25. The van der Waals surface area contributed by atoms with E-state index in [9.17, 15) is 0 Å². The third kappa shape index (κ3) is 2.92. The molecule has 6 nitrogen and oxygen atoms in total. The Labute approximate surface area is 181 Å². The van der Waals surface area contributed by atoms with Gasteiger partial charge in [0.15, 0.2) is 11.6 Å². The molecule has 1 aromatic carbocycles. The molecule has 1 fully saturated rings. The molecule has 29 heavy (non-hydrogen) atoms. The molecule has 2 unspecified atom stereocenters. The number of nitrogens with zero attached hydrogens (tertiary/aromatic N) is 2. The quantitative estimate of drug-likeness (QED) is 0.492. The molecule has 2 aliphatic rings. The van der Waals surface area contributed by atoms with Crippen molar-refractivity contribution in [3.05, 3.63) is 46.1 Å². The van der Waals surface area contributed by atoms with E-state index in [4.69, 9.17) is 14.0 Å². The van der Waals surface area contributed by atoms with Crippen molar-refractivity contribution in [3.63, 3.8) is 0 Å². The van der Waals surface area contributed by atoms with Crippen molar-refractivity contribution in [3.8, 4) is 23.0 Å². The van der Waals surface area contributed by atoms with E-state index in [1.54, 1.807) is 26.5 Å². The molecule has 5 rings (SSSR count). The van der Waals surface area contributed by atoms with E-state index < -0.39 is 0 Å². The van der Waals surface area contributed by atoms with Crippen molar-refractivity contribution in [2.24, 2.45) is 5.92 Å². The van der Waals surface area contributed by atoms with Gasteiger partial charge in [-0.1, -0.05) is 34.1 Å². The molecule has 1 spiro atoms. The molecular weight excluding hydrogens is 454 g/mol. The first-order valence-corrected chi connectivity index (χ1v) is 11.0. The number of methoxy groups -OCH3 is 2. The van der Waals surface area contributed by atoms with E-state index in [0.29, 0.717) is 17.5 Å². The maximum absolute atomic E-state index is 5.80. The zero-order chi connectivity index (χ0) is 20.2. The normalized spacial score (nSPS) is 21.4. The highest BCUT2D eigenvalue weighted by molar-refractivity contribution is 9.10. The van der Waals surface area contributed by atoms with Crippen LogP contribution < -0.4 is 14.2 Å². The zero-order valence-corrected chi connectivity index (χ0v) is 18.7. The molecule has 0 saturated heterocycles. The lowest BCUT2D eigenvalue weighted by molar-refractivity contribution is 0.364. The minimum absolute atomic E-state index is 0.180. The summed E-state index contributed by atoms with van der Waals surface area (Å²) in [5.41, 5.74) is 3.80. The van der Waals surface area contributed by atoms with Gasteiger partial charge in [-0.15, -0.1) is 0 Å². The van der Waals surface area contributed by atoms with E-state index in [0.717, 1.165) is 38.5 Å². The van der Waals surface area contributed by atoms with Crippen LogP contribution in [0.2, 0.25) is 0 Å². The number of hydrogen-bond acceptors (Lipinski definition) is 7. The Morgan fingerprint density at radius 3 is 2.83 bits per heavy atom. The van der Waals surface area contributed by atoms with Gasteiger partial charge in [-0.3, -0.25) is 0 Å². The Bertz CT molecular complexity index is 1080. The summed E-state index contributed by atoms with van der Waals surface area (Å²) in [6.45, 7) is 2.32. The smallest absolute Gasteiger partial charge is 0.232 e. The monoisotopic (exact) mass is 473 g/mol. The zero-order valence-electron chi connectivity index (χ0n) is 16.3. The molecule has 3 aromatic rings. The summed E-state index contributed by atoms with van der Waals surface area (Å²) in [6.07, 6.45) is 3.77. The Morgan fingerprint density at radius 2 is 2.10 bits per heavy atom. The van der Waals surface area contributed by atoms with E-state index in [-0.39, 0.29) is 5.41 Å². The number of halogens is 1. The second-order valence-electron chi connectivity index (χ2n) is 7.52. The molecule has 2 aliphatic carbocycles. The Hall–Kier alpha value is -2.19. The first-order valence-electron chi connectivity index (χ1n) is 9.36. The van der Waals surface area contributed by atoms with E-state index >= 15 is 0 Å². The number of aromatic nitrogens is 2. The maximum Gasteiger partial charge on any atom is 0.232 e. The molecule has 2 atom stereocenters. The number of nitrogens with one attached hydrogen (secondary N) is 1. The van der Waals surface area contributed by atoms with Gasteiger partial charge in [-0.25, -0.2) is 4.98 Å². The van der Waals surface area contributed by atoms with E-state index in [2.05, 4.69) is 55.9 Å². The van der Waals surface area contributed by atoms with Gasteiger partial charge in [0.1, 0.15) is 10.6 Å². The van der Waals surface area contributed by atoms with Gasteiger partial charge in [0.25, 0.3) is 0 Å². The molecule has 2 heterocycles. The number of ether oxygens (including phenoxy) is 2. The highest BCUT2D eigenvalue weighted by Crippen LogP contribution is 2.62. The third-order valence-corrected chi connectivity index (χ3v) is 7.36. The molecule has 150 valence electrons. The molecule has 1 N–H and O–H groups in total. The topological polar surface area (TPSA) is 69.4 Å².